The van der Waals surface area contributed by atoms with Crippen molar-refractivity contribution in [3.8, 4) is 0 Å². The average Bonchev–Trinajstić information content (AvgIpc) is 2.51. The summed E-state index contributed by atoms with van der Waals surface area (Å²) in [5.41, 5.74) is 0. The van der Waals surface area contributed by atoms with Crippen LogP contribution in [0.1, 0.15) is 6.42 Å². The van der Waals surface area contributed by atoms with Crippen molar-refractivity contribution in [2.24, 2.45) is 0 Å². The molecule has 1 aliphatic heterocycles. The molecule has 1 aliphatic rings. The van der Waals surface area contributed by atoms with Crippen LogP contribution in [-0.4, -0.2) is 45.0 Å². The molecule has 5 nitrogen and oxygen atoms in total. The zero-order chi connectivity index (χ0) is 14.0. The van der Waals surface area contributed by atoms with Crippen LogP contribution in [0.15, 0.2) is 6.07 Å². The zero-order valence-corrected chi connectivity index (χ0v) is 11.3. The largest absolute Gasteiger partial charge is 0.371 e. The van der Waals surface area contributed by atoms with Crippen LogP contribution in [0.3, 0.4) is 0 Å². The van der Waals surface area contributed by atoms with E-state index in [0.717, 1.165) is 6.07 Å². The molecule has 19 heavy (non-hydrogen) atoms. The Kier molecular flexibility index (Phi) is 3.88. The van der Waals surface area contributed by atoms with E-state index in [1.54, 1.807) is 4.90 Å². The maximum atomic E-state index is 13.8. The SMILES string of the molecule is CNc1nc(N2CCCS(=O)(=O)CC2)c(F)cc1F. The van der Waals surface area contributed by atoms with Crippen molar-refractivity contribution in [3.05, 3.63) is 17.7 Å². The molecule has 1 saturated heterocycles. The van der Waals surface area contributed by atoms with E-state index >= 15 is 0 Å². The molecule has 1 N–H and O–H groups in total. The van der Waals surface area contributed by atoms with Gasteiger partial charge in [0.05, 0.1) is 11.5 Å². The van der Waals surface area contributed by atoms with Gasteiger partial charge in [-0.2, -0.15) is 0 Å². The van der Waals surface area contributed by atoms with Crippen LogP contribution in [0, 0.1) is 11.6 Å². The van der Waals surface area contributed by atoms with Crippen LogP contribution in [0.5, 0.6) is 0 Å². The van der Waals surface area contributed by atoms with Crippen molar-refractivity contribution in [3.63, 3.8) is 0 Å². The van der Waals surface area contributed by atoms with Gasteiger partial charge in [0.1, 0.15) is 0 Å². The van der Waals surface area contributed by atoms with E-state index in [1.807, 2.05) is 0 Å². The lowest BCUT2D eigenvalue weighted by atomic mass is 10.3. The van der Waals surface area contributed by atoms with Gasteiger partial charge in [0, 0.05) is 26.2 Å². The number of halogens is 2. The molecule has 0 radical (unpaired) electrons. The number of nitrogens with zero attached hydrogens (tertiary/aromatic N) is 2. The van der Waals surface area contributed by atoms with Gasteiger partial charge in [-0.25, -0.2) is 22.2 Å². The van der Waals surface area contributed by atoms with Crippen LogP contribution in [0.25, 0.3) is 0 Å². The lowest BCUT2D eigenvalue weighted by Crippen LogP contribution is -2.29. The maximum absolute atomic E-state index is 13.8. The van der Waals surface area contributed by atoms with Crippen LogP contribution < -0.4 is 10.2 Å². The van der Waals surface area contributed by atoms with Gasteiger partial charge in [-0.15, -0.1) is 0 Å². The van der Waals surface area contributed by atoms with E-state index in [1.165, 1.54) is 7.05 Å². The number of rotatable bonds is 2. The third kappa shape index (κ3) is 3.12. The average molecular weight is 291 g/mol. The minimum atomic E-state index is -3.08. The van der Waals surface area contributed by atoms with Crippen molar-refractivity contribution in [2.75, 3.05) is 41.9 Å². The molecule has 0 aliphatic carbocycles. The summed E-state index contributed by atoms with van der Waals surface area (Å²) in [4.78, 5) is 5.42. The normalized spacial score (nSPS) is 19.0. The van der Waals surface area contributed by atoms with Crippen LogP contribution in [0.2, 0.25) is 0 Å². The highest BCUT2D eigenvalue weighted by Gasteiger charge is 2.23. The molecule has 0 spiro atoms. The molecule has 2 rings (SSSR count). The number of sulfone groups is 1. The number of hydrogen-bond donors (Lipinski definition) is 1. The Morgan fingerprint density at radius 3 is 2.68 bits per heavy atom. The number of hydrogen-bond acceptors (Lipinski definition) is 5. The molecule has 106 valence electrons. The quantitative estimate of drug-likeness (QED) is 0.881. The fourth-order valence-corrected chi connectivity index (χ4v) is 3.28. The predicted molar refractivity (Wildman–Crippen MR) is 69.2 cm³/mol. The van der Waals surface area contributed by atoms with Gasteiger partial charge in [0.25, 0.3) is 0 Å². The first-order valence-corrected chi connectivity index (χ1v) is 7.74. The minimum absolute atomic E-state index is 0.0112. The first-order valence-electron chi connectivity index (χ1n) is 5.92. The standard InChI is InChI=1S/C11H15F2N3O2S/c1-14-10-8(12)7-9(13)11(15-10)16-3-2-5-19(17,18)6-4-16/h7H,2-6H2,1H3,(H,14,15). The van der Waals surface area contributed by atoms with Crippen LogP contribution in [-0.2, 0) is 9.84 Å². The first kappa shape index (κ1) is 14.0. The summed E-state index contributed by atoms with van der Waals surface area (Å²) < 4.78 is 50.1. The van der Waals surface area contributed by atoms with Gasteiger partial charge >= 0.3 is 0 Å². The highest BCUT2D eigenvalue weighted by molar-refractivity contribution is 7.91. The van der Waals surface area contributed by atoms with E-state index < -0.39 is 21.5 Å². The molecule has 2 heterocycles. The summed E-state index contributed by atoms with van der Waals surface area (Å²) in [5.74, 6) is -1.57. The molecule has 1 aromatic heterocycles. The smallest absolute Gasteiger partial charge is 0.168 e. The van der Waals surface area contributed by atoms with Crippen molar-refractivity contribution in [1.29, 1.82) is 0 Å². The van der Waals surface area contributed by atoms with E-state index in [4.69, 9.17) is 0 Å². The Hall–Kier alpha value is -1.44. The molecule has 0 unspecified atom stereocenters. The molecule has 0 aromatic carbocycles. The summed E-state index contributed by atoms with van der Waals surface area (Å²) >= 11 is 0. The highest BCUT2D eigenvalue weighted by Crippen LogP contribution is 2.23. The Bertz CT molecular complexity index is 578. The summed E-state index contributed by atoms with van der Waals surface area (Å²) in [6.45, 7) is 0.555. The van der Waals surface area contributed by atoms with E-state index in [2.05, 4.69) is 10.3 Å². The summed E-state index contributed by atoms with van der Waals surface area (Å²) in [7, 11) is -1.59. The molecular weight excluding hydrogens is 276 g/mol. The molecule has 1 fully saturated rings. The van der Waals surface area contributed by atoms with Gasteiger partial charge in [-0.1, -0.05) is 0 Å². The van der Waals surface area contributed by atoms with Crippen molar-refractivity contribution in [2.45, 2.75) is 6.42 Å². The summed E-state index contributed by atoms with van der Waals surface area (Å²) in [5, 5.41) is 2.54. The van der Waals surface area contributed by atoms with E-state index in [0.29, 0.717) is 13.0 Å². The molecule has 0 atom stereocenters. The minimum Gasteiger partial charge on any atom is -0.371 e. The molecule has 0 bridgehead atoms. The molecule has 1 aromatic rings. The zero-order valence-electron chi connectivity index (χ0n) is 10.5. The van der Waals surface area contributed by atoms with Crippen molar-refractivity contribution < 1.29 is 17.2 Å². The first-order chi connectivity index (χ1) is 8.93. The van der Waals surface area contributed by atoms with Crippen molar-refractivity contribution >= 4 is 21.5 Å². The van der Waals surface area contributed by atoms with Gasteiger partial charge < -0.3 is 10.2 Å². The number of nitrogens with one attached hydrogen (secondary N) is 1. The number of aromatic nitrogens is 1. The topological polar surface area (TPSA) is 62.3 Å². The Balaban J connectivity index is 2.31. The Morgan fingerprint density at radius 1 is 1.26 bits per heavy atom. The molecular formula is C11H15F2N3O2S. The van der Waals surface area contributed by atoms with Gasteiger partial charge in [-0.05, 0) is 6.42 Å². The fourth-order valence-electron chi connectivity index (χ4n) is 2.00. The third-order valence-electron chi connectivity index (χ3n) is 3.00. The fraction of sp³-hybridized carbons (Fsp3) is 0.545. The Labute approximate surface area is 110 Å². The molecule has 8 heteroatoms. The van der Waals surface area contributed by atoms with Gasteiger partial charge in [0.15, 0.2) is 33.1 Å². The lowest BCUT2D eigenvalue weighted by molar-refractivity contribution is 0.570. The monoisotopic (exact) mass is 291 g/mol. The van der Waals surface area contributed by atoms with Crippen molar-refractivity contribution in [1.82, 2.24) is 4.98 Å². The summed E-state index contributed by atoms with van der Waals surface area (Å²) in [6.07, 6.45) is 0.412. The Morgan fingerprint density at radius 2 is 2.00 bits per heavy atom. The number of anilines is 2. The highest BCUT2D eigenvalue weighted by atomic mass is 32.2. The second-order valence-electron chi connectivity index (χ2n) is 4.37. The molecule has 0 amide bonds. The molecule has 0 saturated carbocycles. The summed E-state index contributed by atoms with van der Waals surface area (Å²) in [6, 6.07) is 0.757. The number of pyridine rings is 1. The van der Waals surface area contributed by atoms with Gasteiger partial charge in [-0.3, -0.25) is 0 Å². The second-order valence-corrected chi connectivity index (χ2v) is 6.67. The maximum Gasteiger partial charge on any atom is 0.168 e. The van der Waals surface area contributed by atoms with Crippen LogP contribution >= 0.6 is 0 Å². The lowest BCUT2D eigenvalue weighted by Gasteiger charge is -2.22. The van der Waals surface area contributed by atoms with E-state index in [-0.39, 0.29) is 29.7 Å². The van der Waals surface area contributed by atoms with E-state index in [9.17, 15) is 17.2 Å². The third-order valence-corrected chi connectivity index (χ3v) is 4.72. The second kappa shape index (κ2) is 5.28. The predicted octanol–water partition coefficient (Wildman–Crippen LogP) is 1.03. The van der Waals surface area contributed by atoms with Gasteiger partial charge in [0.2, 0.25) is 0 Å². The van der Waals surface area contributed by atoms with Crippen LogP contribution in [0.4, 0.5) is 20.4 Å².